The minimum absolute atomic E-state index is 0.0504. The number of hydrogen-bond donors (Lipinski definition) is 0. The lowest BCUT2D eigenvalue weighted by Gasteiger charge is -2.32. The summed E-state index contributed by atoms with van der Waals surface area (Å²) in [6, 6.07) is 7.34. The number of thiophene rings is 1. The van der Waals surface area contributed by atoms with Gasteiger partial charge in [-0.05, 0) is 43.9 Å². The van der Waals surface area contributed by atoms with Crippen molar-refractivity contribution in [1.82, 2.24) is 14.7 Å². The molecule has 1 amide bonds. The molecule has 1 saturated heterocycles. The predicted molar refractivity (Wildman–Crippen MR) is 105 cm³/mol. The topological polar surface area (TPSA) is 55.2 Å². The van der Waals surface area contributed by atoms with Gasteiger partial charge in [0.05, 0.1) is 10.6 Å². The van der Waals surface area contributed by atoms with Gasteiger partial charge in [0.15, 0.2) is 0 Å². The van der Waals surface area contributed by atoms with Crippen LogP contribution in [0.1, 0.15) is 53.9 Å². The van der Waals surface area contributed by atoms with Crippen LogP contribution < -0.4 is 5.56 Å². The summed E-state index contributed by atoms with van der Waals surface area (Å²) in [6.45, 7) is 10.4. The van der Waals surface area contributed by atoms with Crippen LogP contribution in [0.3, 0.4) is 0 Å². The van der Waals surface area contributed by atoms with Crippen molar-refractivity contribution in [2.24, 2.45) is 5.92 Å². The van der Waals surface area contributed by atoms with Crippen LogP contribution >= 0.6 is 11.3 Å². The minimum Gasteiger partial charge on any atom is -0.338 e. The molecule has 6 heteroatoms. The summed E-state index contributed by atoms with van der Waals surface area (Å²) in [5.74, 6) is 0.510. The smallest absolute Gasteiger partial charge is 0.266 e. The molecule has 1 aliphatic rings. The molecule has 0 unspecified atom stereocenters. The molecule has 0 bridgehead atoms. The SMILES string of the molecule is Cc1ccc(C(=O)N2CCC(Cn3nc(C(C)(C)C)ccc3=O)CC2)s1. The number of carbonyl (C=O) groups excluding carboxylic acids is 1. The van der Waals surface area contributed by atoms with Gasteiger partial charge in [-0.2, -0.15) is 5.10 Å². The fourth-order valence-electron chi connectivity index (χ4n) is 3.25. The fourth-order valence-corrected chi connectivity index (χ4v) is 4.08. The van der Waals surface area contributed by atoms with E-state index in [-0.39, 0.29) is 16.9 Å². The zero-order chi connectivity index (χ0) is 18.9. The Hall–Kier alpha value is -1.95. The second-order valence-electron chi connectivity index (χ2n) is 8.13. The van der Waals surface area contributed by atoms with Crippen molar-refractivity contribution in [3.05, 3.63) is 50.1 Å². The minimum atomic E-state index is -0.0793. The Labute approximate surface area is 158 Å². The molecule has 0 atom stereocenters. The molecule has 0 saturated carbocycles. The summed E-state index contributed by atoms with van der Waals surface area (Å²) in [5, 5.41) is 4.57. The summed E-state index contributed by atoms with van der Waals surface area (Å²) < 4.78 is 1.60. The maximum atomic E-state index is 12.6. The number of nitrogens with zero attached hydrogens (tertiary/aromatic N) is 3. The number of aromatic nitrogens is 2. The first-order valence-corrected chi connectivity index (χ1v) is 10.00. The molecule has 0 radical (unpaired) electrons. The lowest BCUT2D eigenvalue weighted by molar-refractivity contribution is 0.0685. The Balaban J connectivity index is 1.62. The molecule has 0 spiro atoms. The van der Waals surface area contributed by atoms with E-state index in [2.05, 4.69) is 25.9 Å². The molecule has 140 valence electrons. The van der Waals surface area contributed by atoms with Gasteiger partial charge in [-0.3, -0.25) is 9.59 Å². The second-order valence-corrected chi connectivity index (χ2v) is 9.42. The van der Waals surface area contributed by atoms with Gasteiger partial charge in [-0.15, -0.1) is 11.3 Å². The van der Waals surface area contributed by atoms with E-state index in [9.17, 15) is 9.59 Å². The molecule has 2 aromatic rings. The van der Waals surface area contributed by atoms with Gasteiger partial charge in [-0.1, -0.05) is 20.8 Å². The number of carbonyl (C=O) groups is 1. The van der Waals surface area contributed by atoms with Gasteiger partial charge in [0.1, 0.15) is 0 Å². The third-order valence-electron chi connectivity index (χ3n) is 4.92. The molecule has 0 aromatic carbocycles. The lowest BCUT2D eigenvalue weighted by Crippen LogP contribution is -2.40. The zero-order valence-electron chi connectivity index (χ0n) is 16.0. The van der Waals surface area contributed by atoms with Crippen molar-refractivity contribution in [2.45, 2.75) is 52.5 Å². The quantitative estimate of drug-likeness (QED) is 0.828. The van der Waals surface area contributed by atoms with Gasteiger partial charge in [0, 0.05) is 36.0 Å². The molecule has 1 aliphatic heterocycles. The van der Waals surface area contributed by atoms with Crippen molar-refractivity contribution >= 4 is 17.2 Å². The average molecular weight is 374 g/mol. The van der Waals surface area contributed by atoms with E-state index in [4.69, 9.17) is 0 Å². The molecule has 26 heavy (non-hydrogen) atoms. The van der Waals surface area contributed by atoms with E-state index in [1.165, 1.54) is 0 Å². The highest BCUT2D eigenvalue weighted by Gasteiger charge is 2.25. The summed E-state index contributed by atoms with van der Waals surface area (Å²) in [5.41, 5.74) is 0.799. The average Bonchev–Trinajstić information content (AvgIpc) is 3.02. The van der Waals surface area contributed by atoms with Crippen LogP contribution in [0.25, 0.3) is 0 Å². The van der Waals surface area contributed by atoms with E-state index in [1.54, 1.807) is 22.1 Å². The second kappa shape index (κ2) is 7.35. The van der Waals surface area contributed by atoms with Gasteiger partial charge in [0.2, 0.25) is 0 Å². The summed E-state index contributed by atoms with van der Waals surface area (Å²) in [7, 11) is 0. The molecule has 3 rings (SSSR count). The highest BCUT2D eigenvalue weighted by molar-refractivity contribution is 7.13. The van der Waals surface area contributed by atoms with Crippen molar-refractivity contribution in [2.75, 3.05) is 13.1 Å². The molecule has 5 nitrogen and oxygen atoms in total. The van der Waals surface area contributed by atoms with E-state index in [0.717, 1.165) is 41.4 Å². The molecule has 3 heterocycles. The Bertz CT molecular complexity index is 839. The van der Waals surface area contributed by atoms with E-state index in [0.29, 0.717) is 12.5 Å². The first kappa shape index (κ1) is 18.8. The van der Waals surface area contributed by atoms with E-state index < -0.39 is 0 Å². The largest absolute Gasteiger partial charge is 0.338 e. The van der Waals surface area contributed by atoms with Gasteiger partial charge < -0.3 is 4.90 Å². The van der Waals surface area contributed by atoms with Crippen molar-refractivity contribution < 1.29 is 4.79 Å². The van der Waals surface area contributed by atoms with Gasteiger partial charge in [0.25, 0.3) is 11.5 Å². The maximum Gasteiger partial charge on any atom is 0.266 e. The standard InChI is InChI=1S/C20H27N3O2S/c1-14-5-6-16(26-14)19(25)22-11-9-15(10-12-22)13-23-18(24)8-7-17(21-23)20(2,3)4/h5-8,15H,9-13H2,1-4H3. The molecule has 1 fully saturated rings. The number of likely N-dealkylation sites (tertiary alicyclic amines) is 1. The number of rotatable bonds is 3. The van der Waals surface area contributed by atoms with Crippen LogP contribution in [0.4, 0.5) is 0 Å². The highest BCUT2D eigenvalue weighted by Crippen LogP contribution is 2.23. The molecule has 0 aliphatic carbocycles. The van der Waals surface area contributed by atoms with Crippen molar-refractivity contribution in [3.63, 3.8) is 0 Å². The molecular weight excluding hydrogens is 346 g/mol. The van der Waals surface area contributed by atoms with E-state index >= 15 is 0 Å². The summed E-state index contributed by atoms with van der Waals surface area (Å²) in [6.07, 6.45) is 1.81. The Kier molecular flexibility index (Phi) is 5.32. The third-order valence-corrected chi connectivity index (χ3v) is 5.91. The van der Waals surface area contributed by atoms with Crippen LogP contribution in [0.15, 0.2) is 29.1 Å². The normalized spacial score (nSPS) is 16.1. The number of piperidine rings is 1. The summed E-state index contributed by atoms with van der Waals surface area (Å²) in [4.78, 5) is 28.6. The predicted octanol–water partition coefficient (Wildman–Crippen LogP) is 3.46. The van der Waals surface area contributed by atoms with Crippen LogP contribution in [0.5, 0.6) is 0 Å². The van der Waals surface area contributed by atoms with Crippen molar-refractivity contribution in [1.29, 1.82) is 0 Å². The lowest BCUT2D eigenvalue weighted by atomic mass is 9.92. The van der Waals surface area contributed by atoms with Crippen LogP contribution in [0.2, 0.25) is 0 Å². The first-order chi connectivity index (χ1) is 12.2. The van der Waals surface area contributed by atoms with Crippen LogP contribution in [-0.2, 0) is 12.0 Å². The number of aryl methyl sites for hydroxylation is 1. The number of amides is 1. The maximum absolute atomic E-state index is 12.6. The fraction of sp³-hybridized carbons (Fsp3) is 0.550. The zero-order valence-corrected chi connectivity index (χ0v) is 16.8. The van der Waals surface area contributed by atoms with Gasteiger partial charge >= 0.3 is 0 Å². The monoisotopic (exact) mass is 373 g/mol. The molecule has 2 aromatic heterocycles. The van der Waals surface area contributed by atoms with Crippen LogP contribution in [0, 0.1) is 12.8 Å². The first-order valence-electron chi connectivity index (χ1n) is 9.18. The van der Waals surface area contributed by atoms with Crippen molar-refractivity contribution in [3.8, 4) is 0 Å². The van der Waals surface area contributed by atoms with E-state index in [1.807, 2.05) is 30.0 Å². The van der Waals surface area contributed by atoms with Gasteiger partial charge in [-0.25, -0.2) is 4.68 Å². The Morgan fingerprint density at radius 2 is 1.88 bits per heavy atom. The third kappa shape index (κ3) is 4.23. The highest BCUT2D eigenvalue weighted by atomic mass is 32.1. The molecule has 0 N–H and O–H groups in total. The van der Waals surface area contributed by atoms with Crippen LogP contribution in [-0.4, -0.2) is 33.7 Å². The number of hydrogen-bond acceptors (Lipinski definition) is 4. The molecular formula is C20H27N3O2S. The summed E-state index contributed by atoms with van der Waals surface area (Å²) >= 11 is 1.55. The Morgan fingerprint density at radius 1 is 1.19 bits per heavy atom. The Morgan fingerprint density at radius 3 is 2.46 bits per heavy atom.